The third kappa shape index (κ3) is 4.37. The minimum atomic E-state index is -3.50. The maximum absolute atomic E-state index is 12.9. The van der Waals surface area contributed by atoms with Crippen LogP contribution in [0.25, 0.3) is 11.5 Å². The van der Waals surface area contributed by atoms with Gasteiger partial charge in [-0.15, -0.1) is 0 Å². The maximum atomic E-state index is 12.9. The van der Waals surface area contributed by atoms with Crippen molar-refractivity contribution in [2.24, 2.45) is 5.92 Å². The summed E-state index contributed by atoms with van der Waals surface area (Å²) in [6.07, 6.45) is 3.94. The lowest BCUT2D eigenvalue weighted by molar-refractivity contribution is 0.281. The van der Waals surface area contributed by atoms with Crippen LogP contribution in [0.15, 0.2) is 33.6 Å². The molecule has 0 spiro atoms. The highest BCUT2D eigenvalue weighted by molar-refractivity contribution is 7.89. The normalized spacial score (nSPS) is 18.0. The fourth-order valence-corrected chi connectivity index (χ4v) is 4.90. The van der Waals surface area contributed by atoms with Crippen LogP contribution in [0.2, 0.25) is 0 Å². The predicted molar refractivity (Wildman–Crippen MR) is 107 cm³/mol. The van der Waals surface area contributed by atoms with Crippen molar-refractivity contribution in [3.05, 3.63) is 30.0 Å². The quantitative estimate of drug-likeness (QED) is 0.706. The van der Waals surface area contributed by atoms with Crippen LogP contribution >= 0.6 is 0 Å². The number of anilines is 1. The summed E-state index contributed by atoms with van der Waals surface area (Å²) in [4.78, 5) is 4.48. The first-order chi connectivity index (χ1) is 13.5. The zero-order chi connectivity index (χ0) is 20.1. The first kappa shape index (κ1) is 20.4. The molecule has 0 radical (unpaired) electrons. The Kier molecular flexibility index (Phi) is 6.37. The fraction of sp³-hybridized carbons (Fsp3) is 0.500. The highest BCUT2D eigenvalue weighted by Crippen LogP contribution is 2.28. The number of aromatic nitrogens is 1. The van der Waals surface area contributed by atoms with Crippen LogP contribution in [0.1, 0.15) is 45.2 Å². The van der Waals surface area contributed by atoms with E-state index in [2.05, 4.69) is 24.1 Å². The highest BCUT2D eigenvalue weighted by Gasteiger charge is 2.28. The molecule has 1 fully saturated rings. The Bertz CT molecular complexity index is 945. The van der Waals surface area contributed by atoms with E-state index in [4.69, 9.17) is 4.42 Å². The molecule has 1 unspecified atom stereocenters. The molecule has 1 atom stereocenters. The standard InChI is InChI=1S/C20H26N4O3S/c1-3-4-11-22-20-18(13-21)23-19(27-20)16-7-9-17(10-8-16)28(25,26)24-12-5-6-15(2)14-24/h7-10,15,22H,3-6,11-12,14H2,1-2H3. The smallest absolute Gasteiger partial charge is 0.243 e. The first-order valence-corrected chi connectivity index (χ1v) is 11.1. The molecule has 0 bridgehead atoms. The van der Waals surface area contributed by atoms with Gasteiger partial charge in [0.1, 0.15) is 6.07 Å². The Morgan fingerprint density at radius 2 is 2.11 bits per heavy atom. The van der Waals surface area contributed by atoms with E-state index in [9.17, 15) is 13.7 Å². The Balaban J connectivity index is 1.80. The number of rotatable bonds is 7. The molecule has 150 valence electrons. The third-order valence-corrected chi connectivity index (χ3v) is 6.79. The van der Waals surface area contributed by atoms with Gasteiger partial charge in [-0.05, 0) is 49.4 Å². The highest BCUT2D eigenvalue weighted by atomic mass is 32.2. The number of nitrogens with one attached hydrogen (secondary N) is 1. The number of benzene rings is 1. The number of oxazole rings is 1. The van der Waals surface area contributed by atoms with Gasteiger partial charge in [0, 0.05) is 25.2 Å². The lowest BCUT2D eigenvalue weighted by atomic mass is 10.0. The van der Waals surface area contributed by atoms with E-state index in [1.54, 1.807) is 28.6 Å². The van der Waals surface area contributed by atoms with Crippen LogP contribution in [-0.2, 0) is 10.0 Å². The SMILES string of the molecule is CCCCNc1oc(-c2ccc(S(=O)(=O)N3CCCC(C)C3)cc2)nc1C#N. The van der Waals surface area contributed by atoms with Gasteiger partial charge in [0.15, 0.2) is 0 Å². The van der Waals surface area contributed by atoms with E-state index in [1.807, 2.05) is 6.07 Å². The van der Waals surface area contributed by atoms with E-state index in [1.165, 1.54) is 0 Å². The van der Waals surface area contributed by atoms with Crippen molar-refractivity contribution in [1.29, 1.82) is 5.26 Å². The van der Waals surface area contributed by atoms with Gasteiger partial charge >= 0.3 is 0 Å². The van der Waals surface area contributed by atoms with E-state index in [0.29, 0.717) is 42.9 Å². The van der Waals surface area contributed by atoms with Crippen LogP contribution < -0.4 is 5.32 Å². The van der Waals surface area contributed by atoms with Gasteiger partial charge in [0.2, 0.25) is 27.5 Å². The van der Waals surface area contributed by atoms with Crippen molar-refractivity contribution in [1.82, 2.24) is 9.29 Å². The second kappa shape index (κ2) is 8.76. The predicted octanol–water partition coefficient (Wildman–Crippen LogP) is 3.85. The molecule has 1 aromatic heterocycles. The van der Waals surface area contributed by atoms with Crippen molar-refractivity contribution in [2.45, 2.75) is 44.4 Å². The third-order valence-electron chi connectivity index (χ3n) is 4.91. The van der Waals surface area contributed by atoms with Crippen molar-refractivity contribution >= 4 is 15.9 Å². The molecule has 0 amide bonds. The summed E-state index contributed by atoms with van der Waals surface area (Å²) in [5.74, 6) is 1.02. The van der Waals surface area contributed by atoms with Crippen molar-refractivity contribution in [3.8, 4) is 17.5 Å². The van der Waals surface area contributed by atoms with Gasteiger partial charge in [-0.3, -0.25) is 0 Å². The van der Waals surface area contributed by atoms with Crippen LogP contribution in [0.3, 0.4) is 0 Å². The number of hydrogen-bond acceptors (Lipinski definition) is 6. The number of nitriles is 1. The Labute approximate surface area is 166 Å². The van der Waals surface area contributed by atoms with Crippen molar-refractivity contribution < 1.29 is 12.8 Å². The van der Waals surface area contributed by atoms with Gasteiger partial charge in [-0.1, -0.05) is 20.3 Å². The minimum absolute atomic E-state index is 0.199. The minimum Gasteiger partial charge on any atom is -0.419 e. The van der Waals surface area contributed by atoms with Crippen LogP contribution in [0.4, 0.5) is 5.88 Å². The molecule has 1 aromatic carbocycles. The summed E-state index contributed by atoms with van der Waals surface area (Å²) in [7, 11) is -3.50. The van der Waals surface area contributed by atoms with Crippen LogP contribution in [0.5, 0.6) is 0 Å². The zero-order valence-corrected chi connectivity index (χ0v) is 17.1. The molecule has 1 aliphatic heterocycles. The summed E-state index contributed by atoms with van der Waals surface area (Å²) in [6, 6.07) is 8.51. The average Bonchev–Trinajstić information content (AvgIpc) is 3.11. The van der Waals surface area contributed by atoms with Crippen LogP contribution in [-0.4, -0.2) is 37.3 Å². The summed E-state index contributed by atoms with van der Waals surface area (Å²) in [5.41, 5.74) is 0.830. The van der Waals surface area contributed by atoms with Crippen molar-refractivity contribution in [2.75, 3.05) is 25.0 Å². The van der Waals surface area contributed by atoms with Gasteiger partial charge in [0.25, 0.3) is 0 Å². The molecule has 0 saturated carbocycles. The van der Waals surface area contributed by atoms with Gasteiger partial charge in [-0.2, -0.15) is 14.6 Å². The monoisotopic (exact) mass is 402 g/mol. The number of hydrogen-bond donors (Lipinski definition) is 1. The molecule has 2 heterocycles. The molecule has 2 aromatic rings. The number of nitrogens with zero attached hydrogens (tertiary/aromatic N) is 3. The molecule has 0 aliphatic carbocycles. The van der Waals surface area contributed by atoms with E-state index in [-0.39, 0.29) is 10.6 Å². The van der Waals surface area contributed by atoms with Gasteiger partial charge in [0.05, 0.1) is 4.90 Å². The van der Waals surface area contributed by atoms with Crippen molar-refractivity contribution in [3.63, 3.8) is 0 Å². The fourth-order valence-electron chi connectivity index (χ4n) is 3.30. The average molecular weight is 403 g/mol. The van der Waals surface area contributed by atoms with Gasteiger partial charge in [-0.25, -0.2) is 8.42 Å². The molecule has 1 aliphatic rings. The summed E-state index contributed by atoms with van der Waals surface area (Å²) >= 11 is 0. The topological polar surface area (TPSA) is 99.2 Å². The number of sulfonamides is 1. The molecule has 1 N–H and O–H groups in total. The Morgan fingerprint density at radius 1 is 1.36 bits per heavy atom. The number of piperidine rings is 1. The second-order valence-corrected chi connectivity index (χ2v) is 9.16. The molecular formula is C20H26N4O3S. The molecular weight excluding hydrogens is 376 g/mol. The first-order valence-electron chi connectivity index (χ1n) is 9.71. The maximum Gasteiger partial charge on any atom is 0.243 e. The van der Waals surface area contributed by atoms with E-state index in [0.717, 1.165) is 25.7 Å². The summed E-state index contributed by atoms with van der Waals surface area (Å²) in [5, 5.41) is 12.3. The largest absolute Gasteiger partial charge is 0.419 e. The molecule has 3 rings (SSSR count). The molecule has 1 saturated heterocycles. The lowest BCUT2D eigenvalue weighted by Crippen LogP contribution is -2.39. The number of unbranched alkanes of at least 4 members (excludes halogenated alkanes) is 1. The van der Waals surface area contributed by atoms with Crippen LogP contribution in [0, 0.1) is 17.2 Å². The summed E-state index contributed by atoms with van der Waals surface area (Å²) in [6.45, 7) is 5.98. The van der Waals surface area contributed by atoms with Gasteiger partial charge < -0.3 is 9.73 Å². The molecule has 8 heteroatoms. The lowest BCUT2D eigenvalue weighted by Gasteiger charge is -2.30. The second-order valence-electron chi connectivity index (χ2n) is 7.22. The van der Waals surface area contributed by atoms with E-state index < -0.39 is 10.0 Å². The Hall–Kier alpha value is -2.37. The zero-order valence-electron chi connectivity index (χ0n) is 16.3. The Morgan fingerprint density at radius 3 is 2.75 bits per heavy atom. The molecule has 28 heavy (non-hydrogen) atoms. The summed E-state index contributed by atoms with van der Waals surface area (Å²) < 4.78 is 33.0. The molecule has 7 nitrogen and oxygen atoms in total. The van der Waals surface area contributed by atoms with E-state index >= 15 is 0 Å².